The molecule has 0 aliphatic heterocycles. The van der Waals surface area contributed by atoms with Crippen molar-refractivity contribution < 1.29 is 4.79 Å². The van der Waals surface area contributed by atoms with Gasteiger partial charge < -0.3 is 11.1 Å². The van der Waals surface area contributed by atoms with Gasteiger partial charge in [-0.1, -0.05) is 28.1 Å². The number of amides is 1. The van der Waals surface area contributed by atoms with Gasteiger partial charge in [0.1, 0.15) is 0 Å². The lowest BCUT2D eigenvalue weighted by Gasteiger charge is -2.20. The van der Waals surface area contributed by atoms with Gasteiger partial charge >= 0.3 is 0 Å². The second-order valence-electron chi connectivity index (χ2n) is 4.94. The predicted molar refractivity (Wildman–Crippen MR) is 73.6 cm³/mol. The Labute approximate surface area is 111 Å². The summed E-state index contributed by atoms with van der Waals surface area (Å²) in [7, 11) is 0. The molecule has 0 aromatic heterocycles. The summed E-state index contributed by atoms with van der Waals surface area (Å²) in [6.45, 7) is 7.04. The van der Waals surface area contributed by atoms with Crippen LogP contribution in [-0.4, -0.2) is 12.5 Å². The Morgan fingerprint density at radius 2 is 2.12 bits per heavy atom. The number of benzene rings is 1. The molecule has 0 aliphatic rings. The second kappa shape index (κ2) is 5.65. The third-order valence-electron chi connectivity index (χ3n) is 2.80. The number of halogens is 1. The van der Waals surface area contributed by atoms with Crippen LogP contribution in [0.25, 0.3) is 0 Å². The third-order valence-corrected chi connectivity index (χ3v) is 3.65. The molecule has 1 rings (SSSR count). The first-order valence-corrected chi connectivity index (χ1v) is 6.38. The largest absolute Gasteiger partial charge is 0.369 e. The zero-order valence-corrected chi connectivity index (χ0v) is 12.1. The average molecular weight is 299 g/mol. The topological polar surface area (TPSA) is 55.1 Å². The van der Waals surface area contributed by atoms with Crippen molar-refractivity contribution in [3.8, 4) is 0 Å². The van der Waals surface area contributed by atoms with Crippen LogP contribution in [0.2, 0.25) is 0 Å². The lowest BCUT2D eigenvalue weighted by Crippen LogP contribution is -2.40. The van der Waals surface area contributed by atoms with Gasteiger partial charge in [0.15, 0.2) is 0 Å². The van der Waals surface area contributed by atoms with E-state index in [0.717, 1.165) is 11.0 Å². The number of hydrogen-bond acceptors (Lipinski definition) is 2. The molecule has 1 amide bonds. The highest BCUT2D eigenvalue weighted by atomic mass is 79.9. The maximum absolute atomic E-state index is 11.1. The molecule has 0 atom stereocenters. The molecule has 3 nitrogen and oxygen atoms in total. The Morgan fingerprint density at radius 1 is 1.47 bits per heavy atom. The zero-order chi connectivity index (χ0) is 13.1. The van der Waals surface area contributed by atoms with E-state index in [0.29, 0.717) is 6.54 Å². The molecule has 1 aromatic carbocycles. The smallest absolute Gasteiger partial charge is 0.224 e. The maximum atomic E-state index is 11.1. The summed E-state index contributed by atoms with van der Waals surface area (Å²) >= 11 is 3.50. The van der Waals surface area contributed by atoms with E-state index in [1.54, 1.807) is 0 Å². The molecule has 4 heteroatoms. The molecule has 17 heavy (non-hydrogen) atoms. The summed E-state index contributed by atoms with van der Waals surface area (Å²) in [5, 5.41) is 3.25. The van der Waals surface area contributed by atoms with Gasteiger partial charge in [0, 0.05) is 17.6 Å². The van der Waals surface area contributed by atoms with Crippen molar-refractivity contribution in [2.75, 3.05) is 6.54 Å². The molecule has 0 saturated heterocycles. The number of carbonyl (C=O) groups is 1. The van der Waals surface area contributed by atoms with Gasteiger partial charge in [-0.15, -0.1) is 0 Å². The van der Waals surface area contributed by atoms with Crippen molar-refractivity contribution in [3.05, 3.63) is 33.8 Å². The number of aryl methyl sites for hydroxylation is 1. The third kappa shape index (κ3) is 4.13. The fraction of sp³-hybridized carbons (Fsp3) is 0.462. The zero-order valence-electron chi connectivity index (χ0n) is 10.5. The summed E-state index contributed by atoms with van der Waals surface area (Å²) in [6.07, 6.45) is 0. The number of primary amides is 1. The minimum absolute atomic E-state index is 0.282. The summed E-state index contributed by atoms with van der Waals surface area (Å²) < 4.78 is 1.10. The lowest BCUT2D eigenvalue weighted by molar-refractivity contribution is -0.125. The first-order chi connectivity index (χ1) is 7.83. The molecule has 3 N–H and O–H groups in total. The van der Waals surface area contributed by atoms with E-state index < -0.39 is 5.41 Å². The Hall–Kier alpha value is -0.870. The molecule has 0 radical (unpaired) electrons. The molecule has 0 bridgehead atoms. The van der Waals surface area contributed by atoms with Crippen molar-refractivity contribution in [2.24, 2.45) is 11.1 Å². The Bertz CT molecular complexity index is 416. The minimum Gasteiger partial charge on any atom is -0.369 e. The van der Waals surface area contributed by atoms with Crippen LogP contribution < -0.4 is 11.1 Å². The van der Waals surface area contributed by atoms with Gasteiger partial charge in [0.2, 0.25) is 5.91 Å². The van der Waals surface area contributed by atoms with Gasteiger partial charge in [0.05, 0.1) is 5.41 Å². The number of nitrogens with one attached hydrogen (secondary N) is 1. The Kier molecular flexibility index (Phi) is 4.71. The Balaban J connectivity index is 2.51. The van der Waals surface area contributed by atoms with E-state index >= 15 is 0 Å². The van der Waals surface area contributed by atoms with Gasteiger partial charge in [0.25, 0.3) is 0 Å². The van der Waals surface area contributed by atoms with Gasteiger partial charge in [-0.2, -0.15) is 0 Å². The second-order valence-corrected chi connectivity index (χ2v) is 5.79. The van der Waals surface area contributed by atoms with Crippen molar-refractivity contribution in [2.45, 2.75) is 27.3 Å². The van der Waals surface area contributed by atoms with Crippen LogP contribution >= 0.6 is 15.9 Å². The number of rotatable bonds is 5. The van der Waals surface area contributed by atoms with E-state index in [1.165, 1.54) is 11.1 Å². The van der Waals surface area contributed by atoms with Crippen LogP contribution in [0.3, 0.4) is 0 Å². The predicted octanol–water partition coefficient (Wildman–Crippen LogP) is 2.36. The summed E-state index contributed by atoms with van der Waals surface area (Å²) in [5.41, 5.74) is 7.19. The van der Waals surface area contributed by atoms with Crippen LogP contribution in [0.15, 0.2) is 22.7 Å². The first kappa shape index (κ1) is 14.2. The molecule has 1 aromatic rings. The van der Waals surface area contributed by atoms with E-state index in [4.69, 9.17) is 5.73 Å². The molecule has 94 valence electrons. The fourth-order valence-electron chi connectivity index (χ4n) is 1.35. The lowest BCUT2D eigenvalue weighted by atomic mass is 9.93. The molecule has 0 aliphatic carbocycles. The van der Waals surface area contributed by atoms with Crippen LogP contribution in [0, 0.1) is 12.3 Å². The molecule has 0 unspecified atom stereocenters. The maximum Gasteiger partial charge on any atom is 0.224 e. The van der Waals surface area contributed by atoms with Gasteiger partial charge in [-0.05, 0) is 38.0 Å². The van der Waals surface area contributed by atoms with E-state index in [9.17, 15) is 4.79 Å². The SMILES string of the molecule is Cc1ccc(CNCC(C)(C)C(N)=O)cc1Br. The highest BCUT2D eigenvalue weighted by Crippen LogP contribution is 2.18. The van der Waals surface area contributed by atoms with E-state index in [2.05, 4.69) is 46.4 Å². The molecular formula is C13H19BrN2O. The van der Waals surface area contributed by atoms with Crippen LogP contribution in [0.4, 0.5) is 0 Å². The summed E-state index contributed by atoms with van der Waals surface area (Å²) in [6, 6.07) is 6.23. The normalized spacial score (nSPS) is 11.5. The van der Waals surface area contributed by atoms with Crippen molar-refractivity contribution >= 4 is 21.8 Å². The standard InChI is InChI=1S/C13H19BrN2O/c1-9-4-5-10(6-11(9)14)7-16-8-13(2,3)12(15)17/h4-6,16H,7-8H2,1-3H3,(H2,15,17). The number of nitrogens with two attached hydrogens (primary N) is 1. The number of hydrogen-bond donors (Lipinski definition) is 2. The monoisotopic (exact) mass is 298 g/mol. The highest BCUT2D eigenvalue weighted by Gasteiger charge is 2.23. The van der Waals surface area contributed by atoms with Crippen molar-refractivity contribution in [1.29, 1.82) is 0 Å². The molecule has 0 spiro atoms. The highest BCUT2D eigenvalue weighted by molar-refractivity contribution is 9.10. The molecule has 0 fully saturated rings. The average Bonchev–Trinajstić information content (AvgIpc) is 2.23. The van der Waals surface area contributed by atoms with E-state index in [-0.39, 0.29) is 5.91 Å². The minimum atomic E-state index is -0.512. The van der Waals surface area contributed by atoms with Crippen molar-refractivity contribution in [3.63, 3.8) is 0 Å². The van der Waals surface area contributed by atoms with Crippen LogP contribution in [0.1, 0.15) is 25.0 Å². The van der Waals surface area contributed by atoms with E-state index in [1.807, 2.05) is 13.8 Å². The molecule has 0 heterocycles. The van der Waals surface area contributed by atoms with Crippen LogP contribution in [-0.2, 0) is 11.3 Å². The van der Waals surface area contributed by atoms with Crippen LogP contribution in [0.5, 0.6) is 0 Å². The quantitative estimate of drug-likeness (QED) is 0.877. The van der Waals surface area contributed by atoms with Gasteiger partial charge in [-0.3, -0.25) is 4.79 Å². The first-order valence-electron chi connectivity index (χ1n) is 5.58. The van der Waals surface area contributed by atoms with Crippen molar-refractivity contribution in [1.82, 2.24) is 5.32 Å². The molecule has 0 saturated carbocycles. The summed E-state index contributed by atoms with van der Waals surface area (Å²) in [5.74, 6) is -0.282. The molecular weight excluding hydrogens is 280 g/mol. The number of carbonyl (C=O) groups excluding carboxylic acids is 1. The summed E-state index contributed by atoms with van der Waals surface area (Å²) in [4.78, 5) is 11.1. The fourth-order valence-corrected chi connectivity index (χ4v) is 1.78. The Morgan fingerprint density at radius 3 is 2.65 bits per heavy atom. The van der Waals surface area contributed by atoms with Gasteiger partial charge in [-0.25, -0.2) is 0 Å².